The van der Waals surface area contributed by atoms with Gasteiger partial charge in [-0.1, -0.05) is 48.5 Å². The van der Waals surface area contributed by atoms with Crippen LogP contribution in [0.5, 0.6) is 0 Å². The molecule has 7 nitrogen and oxygen atoms in total. The minimum Gasteiger partial charge on any atom is -0.376 e. The Bertz CT molecular complexity index is 1030. The number of fused-ring (bicyclic) bond motifs is 1. The maximum absolute atomic E-state index is 12.0. The van der Waals surface area contributed by atoms with Crippen molar-refractivity contribution in [2.24, 2.45) is 5.10 Å². The first kappa shape index (κ1) is 18.1. The van der Waals surface area contributed by atoms with Gasteiger partial charge in [-0.3, -0.25) is 14.9 Å². The van der Waals surface area contributed by atoms with Crippen molar-refractivity contribution in [2.75, 3.05) is 11.9 Å². The molecule has 136 valence electrons. The summed E-state index contributed by atoms with van der Waals surface area (Å²) in [6.07, 6.45) is 1.38. The van der Waals surface area contributed by atoms with Crippen molar-refractivity contribution in [3.8, 4) is 0 Å². The third-order valence-electron chi connectivity index (χ3n) is 4.06. The molecule has 0 unspecified atom stereocenters. The van der Waals surface area contributed by atoms with Crippen LogP contribution < -0.4 is 10.7 Å². The second-order valence-corrected chi connectivity index (χ2v) is 5.98. The zero-order chi connectivity index (χ0) is 19.2. The van der Waals surface area contributed by atoms with E-state index in [1.165, 1.54) is 12.3 Å². The summed E-state index contributed by atoms with van der Waals surface area (Å²) in [6, 6.07) is 18.5. The fourth-order valence-corrected chi connectivity index (χ4v) is 2.68. The van der Waals surface area contributed by atoms with E-state index in [0.29, 0.717) is 11.1 Å². The Morgan fingerprint density at radius 1 is 1.15 bits per heavy atom. The molecule has 27 heavy (non-hydrogen) atoms. The molecule has 0 aliphatic carbocycles. The molecule has 0 saturated carbocycles. The summed E-state index contributed by atoms with van der Waals surface area (Å²) in [4.78, 5) is 22.5. The van der Waals surface area contributed by atoms with E-state index in [0.717, 1.165) is 16.5 Å². The summed E-state index contributed by atoms with van der Waals surface area (Å²) in [5, 5.41) is 20.0. The van der Waals surface area contributed by atoms with Gasteiger partial charge < -0.3 is 5.32 Å². The normalized spacial score (nSPS) is 10.9. The van der Waals surface area contributed by atoms with Gasteiger partial charge in [0.15, 0.2) is 0 Å². The number of carbonyl (C=O) groups excluding carboxylic acids is 1. The second-order valence-electron chi connectivity index (χ2n) is 5.98. The molecule has 3 aromatic rings. The molecule has 3 rings (SSSR count). The topological polar surface area (TPSA) is 96.6 Å². The number of aryl methyl sites for hydroxylation is 1. The van der Waals surface area contributed by atoms with Crippen LogP contribution >= 0.6 is 0 Å². The smallest absolute Gasteiger partial charge is 0.272 e. The zero-order valence-electron chi connectivity index (χ0n) is 14.7. The molecule has 3 aromatic carbocycles. The van der Waals surface area contributed by atoms with Gasteiger partial charge in [0.2, 0.25) is 0 Å². The van der Waals surface area contributed by atoms with Crippen LogP contribution in [0.2, 0.25) is 0 Å². The van der Waals surface area contributed by atoms with Gasteiger partial charge in [0, 0.05) is 28.3 Å². The Morgan fingerprint density at radius 3 is 2.74 bits per heavy atom. The van der Waals surface area contributed by atoms with Gasteiger partial charge in [0.25, 0.3) is 11.6 Å². The highest BCUT2D eigenvalue weighted by Crippen LogP contribution is 2.22. The summed E-state index contributed by atoms with van der Waals surface area (Å²) in [7, 11) is 0. The van der Waals surface area contributed by atoms with Gasteiger partial charge in [-0.2, -0.15) is 5.10 Å². The van der Waals surface area contributed by atoms with E-state index in [9.17, 15) is 14.9 Å². The van der Waals surface area contributed by atoms with Crippen LogP contribution in [0.4, 0.5) is 11.4 Å². The highest BCUT2D eigenvalue weighted by molar-refractivity contribution is 5.95. The first-order valence-electron chi connectivity index (χ1n) is 8.33. The van der Waals surface area contributed by atoms with E-state index in [-0.39, 0.29) is 18.1 Å². The summed E-state index contributed by atoms with van der Waals surface area (Å²) < 4.78 is 0. The molecule has 0 heterocycles. The first-order chi connectivity index (χ1) is 13.0. The molecule has 0 aromatic heterocycles. The van der Waals surface area contributed by atoms with Crippen LogP contribution in [0.25, 0.3) is 10.8 Å². The van der Waals surface area contributed by atoms with Gasteiger partial charge >= 0.3 is 0 Å². The van der Waals surface area contributed by atoms with Crippen LogP contribution in [0.15, 0.2) is 65.8 Å². The summed E-state index contributed by atoms with van der Waals surface area (Å²) in [5.41, 5.74) is 4.40. The van der Waals surface area contributed by atoms with Crippen molar-refractivity contribution >= 4 is 34.3 Å². The summed E-state index contributed by atoms with van der Waals surface area (Å²) in [5.74, 6) is -0.319. The number of anilines is 1. The van der Waals surface area contributed by atoms with E-state index in [2.05, 4.69) is 15.8 Å². The molecule has 2 N–H and O–H groups in total. The average molecular weight is 362 g/mol. The zero-order valence-corrected chi connectivity index (χ0v) is 14.7. The number of hydrazone groups is 1. The van der Waals surface area contributed by atoms with Crippen LogP contribution in [-0.4, -0.2) is 23.6 Å². The van der Waals surface area contributed by atoms with Crippen molar-refractivity contribution in [1.29, 1.82) is 0 Å². The SMILES string of the molecule is Cc1ccc(/C=N\NC(=O)CNc2cccc3ccccc23)cc1[N+](=O)[O-]. The van der Waals surface area contributed by atoms with Crippen LogP contribution in [0, 0.1) is 17.0 Å². The maximum Gasteiger partial charge on any atom is 0.272 e. The number of amides is 1. The third kappa shape index (κ3) is 4.46. The monoisotopic (exact) mass is 362 g/mol. The van der Waals surface area contributed by atoms with E-state index in [4.69, 9.17) is 0 Å². The Kier molecular flexibility index (Phi) is 5.41. The Hall–Kier alpha value is -3.74. The van der Waals surface area contributed by atoms with Crippen molar-refractivity contribution in [3.05, 3.63) is 81.9 Å². The van der Waals surface area contributed by atoms with Gasteiger partial charge in [0.05, 0.1) is 17.7 Å². The standard InChI is InChI=1S/C20H18N4O3/c1-14-9-10-15(11-19(14)24(26)27)12-22-23-20(25)13-21-18-8-4-6-16-5-2-3-7-17(16)18/h2-12,21H,13H2,1H3,(H,23,25)/b22-12-. The van der Waals surface area contributed by atoms with Gasteiger partial charge in [-0.15, -0.1) is 0 Å². The largest absolute Gasteiger partial charge is 0.376 e. The minimum absolute atomic E-state index is 0.0166. The Morgan fingerprint density at radius 2 is 1.93 bits per heavy atom. The molecule has 0 atom stereocenters. The molecule has 0 radical (unpaired) electrons. The van der Waals surface area contributed by atoms with Crippen molar-refractivity contribution < 1.29 is 9.72 Å². The molecule has 0 saturated heterocycles. The van der Waals surface area contributed by atoms with Crippen LogP contribution in [0.3, 0.4) is 0 Å². The molecular weight excluding hydrogens is 344 g/mol. The maximum atomic E-state index is 12.0. The van der Waals surface area contributed by atoms with E-state index in [1.54, 1.807) is 19.1 Å². The second kappa shape index (κ2) is 8.09. The number of hydrogen-bond acceptors (Lipinski definition) is 5. The highest BCUT2D eigenvalue weighted by atomic mass is 16.6. The van der Waals surface area contributed by atoms with Crippen molar-refractivity contribution in [1.82, 2.24) is 5.43 Å². The number of carbonyl (C=O) groups is 1. The number of nitrogens with one attached hydrogen (secondary N) is 2. The minimum atomic E-state index is -0.445. The molecule has 0 bridgehead atoms. The molecule has 7 heteroatoms. The fourth-order valence-electron chi connectivity index (χ4n) is 2.68. The quantitative estimate of drug-likeness (QED) is 0.398. The third-order valence-corrected chi connectivity index (χ3v) is 4.06. The summed E-state index contributed by atoms with van der Waals surface area (Å²) >= 11 is 0. The fraction of sp³-hybridized carbons (Fsp3) is 0.100. The van der Waals surface area contributed by atoms with E-state index in [1.807, 2.05) is 42.5 Å². The number of nitro benzene ring substituents is 1. The molecule has 0 spiro atoms. The lowest BCUT2D eigenvalue weighted by Gasteiger charge is -2.08. The lowest BCUT2D eigenvalue weighted by Crippen LogP contribution is -2.25. The number of hydrogen-bond donors (Lipinski definition) is 2. The number of rotatable bonds is 6. The Balaban J connectivity index is 1.59. The number of nitrogens with zero attached hydrogens (tertiary/aromatic N) is 2. The van der Waals surface area contributed by atoms with Crippen LogP contribution in [0.1, 0.15) is 11.1 Å². The molecule has 0 fully saturated rings. The van der Waals surface area contributed by atoms with Crippen molar-refractivity contribution in [3.63, 3.8) is 0 Å². The van der Waals surface area contributed by atoms with E-state index < -0.39 is 4.92 Å². The lowest BCUT2D eigenvalue weighted by molar-refractivity contribution is -0.385. The van der Waals surface area contributed by atoms with Crippen LogP contribution in [-0.2, 0) is 4.79 Å². The lowest BCUT2D eigenvalue weighted by atomic mass is 10.1. The van der Waals surface area contributed by atoms with Gasteiger partial charge in [0.1, 0.15) is 0 Å². The highest BCUT2D eigenvalue weighted by Gasteiger charge is 2.10. The first-order valence-corrected chi connectivity index (χ1v) is 8.33. The molecule has 0 aliphatic heterocycles. The van der Waals surface area contributed by atoms with E-state index >= 15 is 0 Å². The van der Waals surface area contributed by atoms with Gasteiger partial charge in [-0.05, 0) is 18.4 Å². The predicted molar refractivity (Wildman–Crippen MR) is 106 cm³/mol. The van der Waals surface area contributed by atoms with Gasteiger partial charge in [-0.25, -0.2) is 5.43 Å². The number of nitro groups is 1. The molecular formula is C20H18N4O3. The summed E-state index contributed by atoms with van der Waals surface area (Å²) in [6.45, 7) is 1.72. The predicted octanol–water partition coefficient (Wildman–Crippen LogP) is 3.62. The van der Waals surface area contributed by atoms with Crippen molar-refractivity contribution in [2.45, 2.75) is 6.92 Å². The average Bonchev–Trinajstić information content (AvgIpc) is 2.67. The molecule has 1 amide bonds. The molecule has 0 aliphatic rings. The number of benzene rings is 3. The Labute approximate surface area is 155 Å².